The van der Waals surface area contributed by atoms with Gasteiger partial charge in [0.1, 0.15) is 17.4 Å². The number of benzene rings is 2. The summed E-state index contributed by atoms with van der Waals surface area (Å²) in [4.78, 5) is 0. The molecule has 0 atom stereocenters. The predicted molar refractivity (Wildman–Crippen MR) is 58.3 cm³/mol. The summed E-state index contributed by atoms with van der Waals surface area (Å²) < 4.78 is 31.5. The van der Waals surface area contributed by atoms with E-state index >= 15 is 0 Å². The third-order valence-corrected chi connectivity index (χ3v) is 2.33. The third-order valence-electron chi connectivity index (χ3n) is 2.33. The Morgan fingerprint density at radius 3 is 2.38 bits per heavy atom. The Balaban J connectivity index is 2.60. The van der Waals surface area contributed by atoms with Crippen LogP contribution < -0.4 is 4.74 Å². The highest BCUT2D eigenvalue weighted by atomic mass is 19.1. The van der Waals surface area contributed by atoms with Crippen LogP contribution >= 0.6 is 0 Å². The number of methoxy groups -OCH3 is 1. The topological polar surface area (TPSA) is 9.23 Å². The van der Waals surface area contributed by atoms with E-state index < -0.39 is 5.82 Å². The zero-order chi connectivity index (χ0) is 11.5. The Morgan fingerprint density at radius 1 is 0.938 bits per heavy atom. The summed E-state index contributed by atoms with van der Waals surface area (Å²) in [5, 5.41) is 0. The molecule has 0 spiro atoms. The molecule has 0 N–H and O–H groups in total. The minimum Gasteiger partial charge on any atom is -0.496 e. The van der Waals surface area contributed by atoms with Crippen LogP contribution in [0.15, 0.2) is 42.5 Å². The summed E-state index contributed by atoms with van der Waals surface area (Å²) >= 11 is 0. The lowest BCUT2D eigenvalue weighted by atomic mass is 10.0. The first-order valence-electron chi connectivity index (χ1n) is 4.81. The smallest absolute Gasteiger partial charge is 0.131 e. The molecule has 0 aliphatic carbocycles. The van der Waals surface area contributed by atoms with Crippen molar-refractivity contribution in [1.82, 2.24) is 0 Å². The monoisotopic (exact) mass is 220 g/mol. The maximum Gasteiger partial charge on any atom is 0.131 e. The van der Waals surface area contributed by atoms with Crippen molar-refractivity contribution in [3.05, 3.63) is 54.1 Å². The van der Waals surface area contributed by atoms with E-state index in [1.165, 1.54) is 31.4 Å². The van der Waals surface area contributed by atoms with Gasteiger partial charge in [0.25, 0.3) is 0 Å². The van der Waals surface area contributed by atoms with Crippen LogP contribution in [0, 0.1) is 11.6 Å². The molecule has 0 aliphatic rings. The van der Waals surface area contributed by atoms with Crippen molar-refractivity contribution in [3.8, 4) is 16.9 Å². The Kier molecular flexibility index (Phi) is 2.86. The van der Waals surface area contributed by atoms with Crippen molar-refractivity contribution in [2.75, 3.05) is 7.11 Å². The van der Waals surface area contributed by atoms with Gasteiger partial charge in [0.2, 0.25) is 0 Å². The van der Waals surface area contributed by atoms with Crippen LogP contribution in [0.4, 0.5) is 8.78 Å². The third kappa shape index (κ3) is 1.89. The van der Waals surface area contributed by atoms with E-state index in [2.05, 4.69) is 0 Å². The molecule has 1 nitrogen and oxygen atoms in total. The lowest BCUT2D eigenvalue weighted by Gasteiger charge is -2.09. The lowest BCUT2D eigenvalue weighted by Crippen LogP contribution is -1.91. The standard InChI is InChI=1S/C13H10F2O/c1-16-13-8-9(14)6-7-11(13)10-4-2-3-5-12(10)15/h2-8H,1H3. The second kappa shape index (κ2) is 4.31. The molecular weight excluding hydrogens is 210 g/mol. The molecule has 2 aromatic carbocycles. The average molecular weight is 220 g/mol. The van der Waals surface area contributed by atoms with E-state index in [9.17, 15) is 8.78 Å². The molecule has 82 valence electrons. The summed E-state index contributed by atoms with van der Waals surface area (Å²) in [5.41, 5.74) is 0.946. The van der Waals surface area contributed by atoms with Crippen molar-refractivity contribution in [2.45, 2.75) is 0 Å². The van der Waals surface area contributed by atoms with E-state index in [0.717, 1.165) is 0 Å². The average Bonchev–Trinajstić information content (AvgIpc) is 2.30. The van der Waals surface area contributed by atoms with Crippen molar-refractivity contribution < 1.29 is 13.5 Å². The minimum absolute atomic E-state index is 0.324. The highest BCUT2D eigenvalue weighted by Crippen LogP contribution is 2.31. The lowest BCUT2D eigenvalue weighted by molar-refractivity contribution is 0.412. The van der Waals surface area contributed by atoms with Gasteiger partial charge < -0.3 is 4.74 Å². The van der Waals surface area contributed by atoms with E-state index in [-0.39, 0.29) is 5.82 Å². The van der Waals surface area contributed by atoms with Crippen LogP contribution in [0.1, 0.15) is 0 Å². The molecule has 0 radical (unpaired) electrons. The van der Waals surface area contributed by atoms with Gasteiger partial charge in [0.05, 0.1) is 7.11 Å². The highest BCUT2D eigenvalue weighted by molar-refractivity contribution is 5.70. The fourth-order valence-electron chi connectivity index (χ4n) is 1.57. The summed E-state index contributed by atoms with van der Waals surface area (Å²) in [6, 6.07) is 10.3. The minimum atomic E-state index is -0.406. The molecule has 0 fully saturated rings. The van der Waals surface area contributed by atoms with Gasteiger partial charge in [-0.1, -0.05) is 18.2 Å². The maximum absolute atomic E-state index is 13.5. The Labute approximate surface area is 92.3 Å². The van der Waals surface area contributed by atoms with Gasteiger partial charge in [0, 0.05) is 17.2 Å². The van der Waals surface area contributed by atoms with Gasteiger partial charge in [0.15, 0.2) is 0 Å². The van der Waals surface area contributed by atoms with Crippen molar-refractivity contribution in [3.63, 3.8) is 0 Å². The quantitative estimate of drug-likeness (QED) is 0.750. The molecule has 0 aliphatic heterocycles. The number of halogens is 2. The molecule has 0 saturated heterocycles. The van der Waals surface area contributed by atoms with Crippen LogP contribution in [-0.2, 0) is 0 Å². The summed E-state index contributed by atoms with van der Waals surface area (Å²) in [6.07, 6.45) is 0. The van der Waals surface area contributed by atoms with Crippen LogP contribution in [0.25, 0.3) is 11.1 Å². The molecule has 0 aromatic heterocycles. The molecule has 2 aromatic rings. The van der Waals surface area contributed by atoms with Gasteiger partial charge in [-0.3, -0.25) is 0 Å². The molecule has 0 bridgehead atoms. The van der Waals surface area contributed by atoms with Gasteiger partial charge in [-0.2, -0.15) is 0 Å². The van der Waals surface area contributed by atoms with Gasteiger partial charge in [-0.15, -0.1) is 0 Å². The first-order valence-corrected chi connectivity index (χ1v) is 4.81. The maximum atomic E-state index is 13.5. The van der Waals surface area contributed by atoms with E-state index in [1.54, 1.807) is 18.2 Å². The second-order valence-corrected chi connectivity index (χ2v) is 3.32. The number of hydrogen-bond donors (Lipinski definition) is 0. The molecule has 16 heavy (non-hydrogen) atoms. The van der Waals surface area contributed by atoms with Crippen molar-refractivity contribution >= 4 is 0 Å². The van der Waals surface area contributed by atoms with E-state index in [1.807, 2.05) is 0 Å². The van der Waals surface area contributed by atoms with Crippen molar-refractivity contribution in [2.24, 2.45) is 0 Å². The second-order valence-electron chi connectivity index (χ2n) is 3.32. The van der Waals surface area contributed by atoms with E-state index in [4.69, 9.17) is 4.74 Å². The summed E-state index contributed by atoms with van der Waals surface area (Å²) in [6.45, 7) is 0. The molecule has 3 heteroatoms. The molecule has 0 saturated carbocycles. The van der Waals surface area contributed by atoms with Crippen molar-refractivity contribution in [1.29, 1.82) is 0 Å². The zero-order valence-corrected chi connectivity index (χ0v) is 8.71. The summed E-state index contributed by atoms with van der Waals surface area (Å²) in [5.74, 6) is -0.436. The van der Waals surface area contributed by atoms with Crippen LogP contribution in [0.5, 0.6) is 5.75 Å². The molecular formula is C13H10F2O. The Morgan fingerprint density at radius 2 is 1.69 bits per heavy atom. The van der Waals surface area contributed by atoms with Gasteiger partial charge in [-0.25, -0.2) is 8.78 Å². The van der Waals surface area contributed by atoms with Gasteiger partial charge in [-0.05, 0) is 18.2 Å². The molecule has 0 amide bonds. The molecule has 0 heterocycles. The van der Waals surface area contributed by atoms with Crippen LogP contribution in [0.3, 0.4) is 0 Å². The highest BCUT2D eigenvalue weighted by Gasteiger charge is 2.10. The first-order chi connectivity index (χ1) is 7.72. The Bertz CT molecular complexity index is 509. The first kappa shape index (κ1) is 10.6. The fourth-order valence-corrected chi connectivity index (χ4v) is 1.57. The summed E-state index contributed by atoms with van der Waals surface area (Å²) in [7, 11) is 1.43. The largest absolute Gasteiger partial charge is 0.496 e. The number of hydrogen-bond acceptors (Lipinski definition) is 1. The number of ether oxygens (including phenoxy) is 1. The Hall–Kier alpha value is -1.90. The fraction of sp³-hybridized carbons (Fsp3) is 0.0769. The van der Waals surface area contributed by atoms with E-state index in [0.29, 0.717) is 16.9 Å². The zero-order valence-electron chi connectivity index (χ0n) is 8.71. The normalized spacial score (nSPS) is 10.2. The SMILES string of the molecule is COc1cc(F)ccc1-c1ccccc1F. The van der Waals surface area contributed by atoms with Crippen LogP contribution in [-0.4, -0.2) is 7.11 Å². The molecule has 2 rings (SSSR count). The molecule has 0 unspecified atom stereocenters. The van der Waals surface area contributed by atoms with Gasteiger partial charge >= 0.3 is 0 Å². The van der Waals surface area contributed by atoms with Crippen LogP contribution in [0.2, 0.25) is 0 Å². The predicted octanol–water partition coefficient (Wildman–Crippen LogP) is 3.64. The number of rotatable bonds is 2.